The number of benzene rings is 2. The Morgan fingerprint density at radius 2 is 1.93 bits per heavy atom. The minimum absolute atomic E-state index is 0.0487. The molecule has 2 heterocycles. The van der Waals surface area contributed by atoms with Crippen LogP contribution in [0.5, 0.6) is 0 Å². The molecular weight excluding hydrogens is 394 g/mol. The number of nitrogens with one attached hydrogen (secondary N) is 1. The lowest BCUT2D eigenvalue weighted by Gasteiger charge is -2.39. The second-order valence-corrected chi connectivity index (χ2v) is 8.60. The van der Waals surface area contributed by atoms with Crippen LogP contribution in [-0.4, -0.2) is 46.0 Å². The van der Waals surface area contributed by atoms with E-state index in [0.29, 0.717) is 6.54 Å². The minimum Gasteiger partial charge on any atom is -0.343 e. The predicted molar refractivity (Wildman–Crippen MR) is 122 cm³/mol. The number of nitrogens with zero attached hydrogens (tertiary/aromatic N) is 4. The number of hydrogen-bond acceptors (Lipinski definition) is 5. The maximum Gasteiger partial charge on any atom is 0.322 e. The van der Waals surface area contributed by atoms with E-state index in [-0.39, 0.29) is 12.1 Å². The summed E-state index contributed by atoms with van der Waals surface area (Å²) in [4.78, 5) is 21.7. The van der Waals surface area contributed by atoms with E-state index in [1.54, 1.807) is 0 Å². The van der Waals surface area contributed by atoms with E-state index in [0.717, 1.165) is 36.2 Å². The summed E-state index contributed by atoms with van der Waals surface area (Å²) < 4.78 is 4.53. The largest absolute Gasteiger partial charge is 0.343 e. The van der Waals surface area contributed by atoms with Crippen LogP contribution in [0.25, 0.3) is 0 Å². The van der Waals surface area contributed by atoms with Crippen LogP contribution in [0.15, 0.2) is 48.5 Å². The molecule has 1 unspecified atom stereocenters. The fraction of sp³-hybridized carbons (Fsp3) is 0.348. The summed E-state index contributed by atoms with van der Waals surface area (Å²) in [7, 11) is 0. The molecule has 1 saturated heterocycles. The number of aryl methyl sites for hydroxylation is 2. The van der Waals surface area contributed by atoms with Gasteiger partial charge in [-0.1, -0.05) is 36.4 Å². The van der Waals surface area contributed by atoms with E-state index >= 15 is 0 Å². The van der Waals surface area contributed by atoms with E-state index in [2.05, 4.69) is 47.5 Å². The van der Waals surface area contributed by atoms with Crippen LogP contribution in [0.4, 0.5) is 15.6 Å². The fourth-order valence-corrected chi connectivity index (χ4v) is 4.39. The van der Waals surface area contributed by atoms with Crippen molar-refractivity contribution in [3.63, 3.8) is 0 Å². The van der Waals surface area contributed by atoms with Gasteiger partial charge in [0.15, 0.2) is 0 Å². The van der Waals surface area contributed by atoms with Crippen molar-refractivity contribution in [2.45, 2.75) is 33.2 Å². The molecule has 1 aromatic heterocycles. The Morgan fingerprint density at radius 3 is 2.67 bits per heavy atom. The smallest absolute Gasteiger partial charge is 0.322 e. The molecule has 6 nitrogen and oxygen atoms in total. The first kappa shape index (κ1) is 20.3. The van der Waals surface area contributed by atoms with Crippen LogP contribution in [0, 0.1) is 13.8 Å². The van der Waals surface area contributed by atoms with Crippen LogP contribution in [0.2, 0.25) is 0 Å². The third-order valence-corrected chi connectivity index (χ3v) is 6.39. The summed E-state index contributed by atoms with van der Waals surface area (Å²) in [6.45, 7) is 8.37. The number of anilines is 2. The van der Waals surface area contributed by atoms with Crippen molar-refractivity contribution in [3.8, 4) is 0 Å². The van der Waals surface area contributed by atoms with Crippen molar-refractivity contribution in [1.29, 1.82) is 0 Å². The normalized spacial score (nSPS) is 16.6. The Labute approximate surface area is 181 Å². The lowest BCUT2D eigenvalue weighted by atomic mass is 10.1. The number of rotatable bonds is 4. The summed E-state index contributed by atoms with van der Waals surface area (Å²) in [5, 5.41) is 3.97. The molecule has 30 heavy (non-hydrogen) atoms. The molecular formula is C23H27N5OS. The van der Waals surface area contributed by atoms with Gasteiger partial charge in [0.05, 0.1) is 0 Å². The molecule has 3 aromatic rings. The van der Waals surface area contributed by atoms with Crippen molar-refractivity contribution in [1.82, 2.24) is 14.3 Å². The summed E-state index contributed by atoms with van der Waals surface area (Å²) in [6, 6.07) is 16.3. The number of hydrogen-bond donors (Lipinski definition) is 1. The zero-order chi connectivity index (χ0) is 21.1. The Bertz CT molecular complexity index is 1020. The van der Waals surface area contributed by atoms with Gasteiger partial charge in [-0.05, 0) is 49.6 Å². The molecule has 0 aliphatic carbocycles. The van der Waals surface area contributed by atoms with Gasteiger partial charge < -0.3 is 15.1 Å². The van der Waals surface area contributed by atoms with Crippen molar-refractivity contribution in [2.24, 2.45) is 0 Å². The fourth-order valence-electron chi connectivity index (χ4n) is 3.67. The molecule has 7 heteroatoms. The molecule has 156 valence electrons. The van der Waals surface area contributed by atoms with Crippen molar-refractivity contribution >= 4 is 28.4 Å². The van der Waals surface area contributed by atoms with E-state index in [9.17, 15) is 4.79 Å². The third kappa shape index (κ3) is 4.62. The van der Waals surface area contributed by atoms with Gasteiger partial charge in [-0.15, -0.1) is 0 Å². The van der Waals surface area contributed by atoms with Gasteiger partial charge in [0, 0.05) is 49.3 Å². The lowest BCUT2D eigenvalue weighted by Crippen LogP contribution is -2.55. The van der Waals surface area contributed by atoms with Gasteiger partial charge in [-0.2, -0.15) is 4.37 Å². The Balaban J connectivity index is 1.36. The van der Waals surface area contributed by atoms with Gasteiger partial charge in [-0.25, -0.2) is 9.78 Å². The van der Waals surface area contributed by atoms with Crippen LogP contribution in [0.3, 0.4) is 0 Å². The number of carbonyl (C=O) groups excluding carboxylic acids is 1. The highest BCUT2D eigenvalue weighted by molar-refractivity contribution is 7.09. The van der Waals surface area contributed by atoms with Crippen molar-refractivity contribution in [3.05, 3.63) is 71.0 Å². The molecule has 1 aliphatic rings. The van der Waals surface area contributed by atoms with Crippen LogP contribution in [0.1, 0.15) is 29.4 Å². The monoisotopic (exact) mass is 421 g/mol. The summed E-state index contributed by atoms with van der Waals surface area (Å²) in [5.41, 5.74) is 4.45. The van der Waals surface area contributed by atoms with Crippen LogP contribution < -0.4 is 10.2 Å². The number of piperazine rings is 1. The van der Waals surface area contributed by atoms with E-state index < -0.39 is 0 Å². The summed E-state index contributed by atoms with van der Waals surface area (Å²) >= 11 is 1.44. The Morgan fingerprint density at radius 1 is 1.13 bits per heavy atom. The molecule has 2 aromatic carbocycles. The zero-order valence-electron chi connectivity index (χ0n) is 17.6. The van der Waals surface area contributed by atoms with E-state index in [4.69, 9.17) is 4.98 Å². The highest BCUT2D eigenvalue weighted by Crippen LogP contribution is 2.23. The maximum atomic E-state index is 12.8. The Hall–Kier alpha value is -2.93. The van der Waals surface area contributed by atoms with Gasteiger partial charge in [0.25, 0.3) is 0 Å². The second kappa shape index (κ2) is 8.83. The quantitative estimate of drug-likeness (QED) is 0.674. The van der Waals surface area contributed by atoms with E-state index in [1.807, 2.05) is 41.3 Å². The molecule has 4 rings (SSSR count). The highest BCUT2D eigenvalue weighted by Gasteiger charge is 2.29. The van der Waals surface area contributed by atoms with Crippen molar-refractivity contribution < 1.29 is 4.79 Å². The second-order valence-electron chi connectivity index (χ2n) is 7.87. The molecule has 1 atom stereocenters. The average molecular weight is 422 g/mol. The lowest BCUT2D eigenvalue weighted by molar-refractivity contribution is 0.185. The van der Waals surface area contributed by atoms with Crippen LogP contribution >= 0.6 is 11.5 Å². The predicted octanol–water partition coefficient (Wildman–Crippen LogP) is 4.49. The maximum absolute atomic E-state index is 12.8. The molecule has 0 radical (unpaired) electrons. The van der Waals surface area contributed by atoms with E-state index in [1.165, 1.54) is 28.2 Å². The van der Waals surface area contributed by atoms with Crippen LogP contribution in [-0.2, 0) is 6.42 Å². The molecule has 1 aliphatic heterocycles. The number of aromatic nitrogens is 2. The Kier molecular flexibility index (Phi) is 5.99. The van der Waals surface area contributed by atoms with Gasteiger partial charge in [0.1, 0.15) is 5.82 Å². The summed E-state index contributed by atoms with van der Waals surface area (Å²) in [5.74, 6) is 0.851. The third-order valence-electron chi connectivity index (χ3n) is 5.58. The first-order chi connectivity index (χ1) is 14.5. The first-order valence-corrected chi connectivity index (χ1v) is 11.0. The SMILES string of the molecule is Cc1ccc(NC(=O)N2CCN(c3nc(Cc4ccccc4)ns3)CC2C)cc1C. The molecule has 2 amide bonds. The molecule has 1 N–H and O–H groups in total. The zero-order valence-corrected chi connectivity index (χ0v) is 18.4. The average Bonchev–Trinajstić information content (AvgIpc) is 3.20. The molecule has 0 saturated carbocycles. The number of amides is 2. The molecule has 0 bridgehead atoms. The highest BCUT2D eigenvalue weighted by atomic mass is 32.1. The molecule has 0 spiro atoms. The topological polar surface area (TPSA) is 61.4 Å². The first-order valence-electron chi connectivity index (χ1n) is 10.3. The molecule has 1 fully saturated rings. The number of urea groups is 1. The summed E-state index contributed by atoms with van der Waals surface area (Å²) in [6.07, 6.45) is 0.741. The standard InChI is InChI=1S/C23H27N5OS/c1-16-9-10-20(13-17(16)2)24-22(29)28-12-11-27(15-18(28)3)23-25-21(26-30-23)14-19-7-5-4-6-8-19/h4-10,13,18H,11-12,14-15H2,1-3H3,(H,24,29). The number of carbonyl (C=O) groups is 1. The van der Waals surface area contributed by atoms with Gasteiger partial charge in [-0.3, -0.25) is 0 Å². The van der Waals surface area contributed by atoms with Gasteiger partial charge >= 0.3 is 6.03 Å². The minimum atomic E-state index is -0.0487. The van der Waals surface area contributed by atoms with Crippen molar-refractivity contribution in [2.75, 3.05) is 29.9 Å². The van der Waals surface area contributed by atoms with Gasteiger partial charge in [0.2, 0.25) is 5.13 Å².